The number of nitrogens with one attached hydrogen (secondary N) is 2. The standard InChI is InChI=1S/C14H15N3O2S/c15-20(18,19)13-4-1-11(2-5-13)17-12-3-6-14-10(9-12)7-8-16-14/h1-6,9,16-17H,7-8H2,(H2,15,18,19). The van der Waals surface area contributed by atoms with Crippen LogP contribution in [0, 0.1) is 0 Å². The van der Waals surface area contributed by atoms with Crippen LogP contribution in [0.3, 0.4) is 0 Å². The van der Waals surface area contributed by atoms with Gasteiger partial charge < -0.3 is 10.6 Å². The number of fused-ring (bicyclic) bond motifs is 1. The van der Waals surface area contributed by atoms with Crippen molar-refractivity contribution >= 4 is 27.1 Å². The van der Waals surface area contributed by atoms with Crippen molar-refractivity contribution in [2.24, 2.45) is 5.14 Å². The topological polar surface area (TPSA) is 84.2 Å². The zero-order valence-corrected chi connectivity index (χ0v) is 11.6. The highest BCUT2D eigenvalue weighted by molar-refractivity contribution is 7.89. The fourth-order valence-corrected chi connectivity index (χ4v) is 2.79. The van der Waals surface area contributed by atoms with Crippen LogP contribution in [0.4, 0.5) is 17.1 Å². The van der Waals surface area contributed by atoms with Gasteiger partial charge in [0.25, 0.3) is 0 Å². The molecule has 0 atom stereocenters. The Balaban J connectivity index is 1.81. The average Bonchev–Trinajstić information content (AvgIpc) is 2.86. The van der Waals surface area contributed by atoms with E-state index in [1.54, 1.807) is 12.1 Å². The smallest absolute Gasteiger partial charge is 0.238 e. The Hall–Kier alpha value is -2.05. The van der Waals surface area contributed by atoms with Crippen LogP contribution in [0.25, 0.3) is 0 Å². The Kier molecular flexibility index (Phi) is 3.11. The van der Waals surface area contributed by atoms with Crippen molar-refractivity contribution in [3.63, 3.8) is 0 Å². The predicted octanol–water partition coefficient (Wildman–Crippen LogP) is 2.05. The molecule has 0 aromatic heterocycles. The molecule has 1 aliphatic rings. The Morgan fingerprint density at radius 3 is 2.45 bits per heavy atom. The number of anilines is 3. The zero-order chi connectivity index (χ0) is 14.2. The Labute approximate surface area is 117 Å². The second-order valence-electron chi connectivity index (χ2n) is 4.74. The molecule has 104 valence electrons. The lowest BCUT2D eigenvalue weighted by Gasteiger charge is -2.09. The van der Waals surface area contributed by atoms with Gasteiger partial charge in [-0.15, -0.1) is 0 Å². The summed E-state index contributed by atoms with van der Waals surface area (Å²) in [6.07, 6.45) is 1.02. The Morgan fingerprint density at radius 1 is 1.05 bits per heavy atom. The third-order valence-corrected chi connectivity index (χ3v) is 4.22. The second kappa shape index (κ2) is 4.81. The molecule has 0 amide bonds. The fourth-order valence-electron chi connectivity index (χ4n) is 2.28. The lowest BCUT2D eigenvalue weighted by Crippen LogP contribution is -2.11. The van der Waals surface area contributed by atoms with Crippen LogP contribution in [0.5, 0.6) is 0 Å². The summed E-state index contributed by atoms with van der Waals surface area (Å²) >= 11 is 0. The highest BCUT2D eigenvalue weighted by Crippen LogP contribution is 2.27. The van der Waals surface area contributed by atoms with Crippen LogP contribution in [0.15, 0.2) is 47.4 Å². The first kappa shape index (κ1) is 13.0. The maximum atomic E-state index is 11.2. The highest BCUT2D eigenvalue weighted by Gasteiger charge is 2.10. The van der Waals surface area contributed by atoms with Gasteiger partial charge in [-0.2, -0.15) is 0 Å². The number of nitrogens with two attached hydrogens (primary N) is 1. The molecule has 0 saturated carbocycles. The van der Waals surface area contributed by atoms with E-state index in [1.165, 1.54) is 23.4 Å². The number of primary sulfonamides is 1. The van der Waals surface area contributed by atoms with Gasteiger partial charge in [0.05, 0.1) is 4.90 Å². The van der Waals surface area contributed by atoms with Gasteiger partial charge in [0, 0.05) is 23.6 Å². The van der Waals surface area contributed by atoms with E-state index in [2.05, 4.69) is 16.7 Å². The van der Waals surface area contributed by atoms with E-state index in [0.29, 0.717) is 0 Å². The molecule has 0 spiro atoms. The third kappa shape index (κ3) is 2.61. The van der Waals surface area contributed by atoms with Crippen molar-refractivity contribution in [2.75, 3.05) is 17.2 Å². The van der Waals surface area contributed by atoms with Crippen LogP contribution >= 0.6 is 0 Å². The van der Waals surface area contributed by atoms with Gasteiger partial charge in [0.1, 0.15) is 0 Å². The normalized spacial score (nSPS) is 13.7. The van der Waals surface area contributed by atoms with Gasteiger partial charge in [-0.1, -0.05) is 0 Å². The van der Waals surface area contributed by atoms with Crippen molar-refractivity contribution in [3.05, 3.63) is 48.0 Å². The summed E-state index contributed by atoms with van der Waals surface area (Å²) in [5, 5.41) is 11.6. The van der Waals surface area contributed by atoms with E-state index in [4.69, 9.17) is 5.14 Å². The van der Waals surface area contributed by atoms with Crippen LogP contribution < -0.4 is 15.8 Å². The molecule has 0 radical (unpaired) electrons. The summed E-state index contributed by atoms with van der Waals surface area (Å²) in [5.41, 5.74) is 4.27. The largest absolute Gasteiger partial charge is 0.384 e. The summed E-state index contributed by atoms with van der Waals surface area (Å²) in [6.45, 7) is 0.974. The first-order valence-corrected chi connectivity index (χ1v) is 7.84. The molecule has 3 rings (SSSR count). The maximum Gasteiger partial charge on any atom is 0.238 e. The molecule has 20 heavy (non-hydrogen) atoms. The molecule has 1 aliphatic heterocycles. The molecule has 0 fully saturated rings. The van der Waals surface area contributed by atoms with E-state index < -0.39 is 10.0 Å². The number of benzene rings is 2. The van der Waals surface area contributed by atoms with E-state index in [9.17, 15) is 8.42 Å². The molecule has 6 heteroatoms. The third-order valence-electron chi connectivity index (χ3n) is 3.29. The predicted molar refractivity (Wildman–Crippen MR) is 79.7 cm³/mol. The summed E-state index contributed by atoms with van der Waals surface area (Å²) < 4.78 is 22.4. The minimum atomic E-state index is -3.64. The summed E-state index contributed by atoms with van der Waals surface area (Å²) in [6, 6.07) is 12.5. The van der Waals surface area contributed by atoms with Gasteiger partial charge >= 0.3 is 0 Å². The molecule has 2 aromatic rings. The van der Waals surface area contributed by atoms with E-state index in [1.807, 2.05) is 12.1 Å². The number of rotatable bonds is 3. The first-order valence-electron chi connectivity index (χ1n) is 6.29. The van der Waals surface area contributed by atoms with Crippen molar-refractivity contribution in [1.29, 1.82) is 0 Å². The maximum absolute atomic E-state index is 11.2. The van der Waals surface area contributed by atoms with Crippen LogP contribution in [0.1, 0.15) is 5.56 Å². The lowest BCUT2D eigenvalue weighted by atomic mass is 10.1. The van der Waals surface area contributed by atoms with E-state index >= 15 is 0 Å². The summed E-state index contributed by atoms with van der Waals surface area (Å²) in [5.74, 6) is 0. The SMILES string of the molecule is NS(=O)(=O)c1ccc(Nc2ccc3c(c2)CCN3)cc1. The fraction of sp³-hybridized carbons (Fsp3) is 0.143. The Bertz CT molecular complexity index is 740. The average molecular weight is 289 g/mol. The minimum absolute atomic E-state index is 0.112. The number of hydrogen-bond donors (Lipinski definition) is 3. The van der Waals surface area contributed by atoms with Crippen LogP contribution in [0.2, 0.25) is 0 Å². The molecule has 2 aromatic carbocycles. The number of hydrogen-bond acceptors (Lipinski definition) is 4. The van der Waals surface area contributed by atoms with Crippen molar-refractivity contribution in [2.45, 2.75) is 11.3 Å². The van der Waals surface area contributed by atoms with Crippen molar-refractivity contribution < 1.29 is 8.42 Å². The zero-order valence-electron chi connectivity index (χ0n) is 10.8. The molecule has 1 heterocycles. The van der Waals surface area contributed by atoms with Gasteiger partial charge in [-0.3, -0.25) is 0 Å². The molecule has 0 aliphatic carbocycles. The van der Waals surface area contributed by atoms with E-state index in [0.717, 1.165) is 24.3 Å². The molecular weight excluding hydrogens is 274 g/mol. The quantitative estimate of drug-likeness (QED) is 0.807. The minimum Gasteiger partial charge on any atom is -0.384 e. The summed E-state index contributed by atoms with van der Waals surface area (Å²) in [7, 11) is -3.64. The summed E-state index contributed by atoms with van der Waals surface area (Å²) in [4.78, 5) is 0.112. The molecule has 0 bridgehead atoms. The van der Waals surface area contributed by atoms with Crippen LogP contribution in [-0.2, 0) is 16.4 Å². The molecule has 4 N–H and O–H groups in total. The molecule has 0 unspecified atom stereocenters. The van der Waals surface area contributed by atoms with Gasteiger partial charge in [0.2, 0.25) is 10.0 Å². The van der Waals surface area contributed by atoms with E-state index in [-0.39, 0.29) is 4.90 Å². The first-order chi connectivity index (χ1) is 9.52. The van der Waals surface area contributed by atoms with Crippen molar-refractivity contribution in [3.8, 4) is 0 Å². The number of sulfonamides is 1. The van der Waals surface area contributed by atoms with Gasteiger partial charge in [-0.05, 0) is 54.4 Å². The highest BCUT2D eigenvalue weighted by atomic mass is 32.2. The Morgan fingerprint density at radius 2 is 1.75 bits per heavy atom. The van der Waals surface area contributed by atoms with Gasteiger partial charge in [-0.25, -0.2) is 13.6 Å². The second-order valence-corrected chi connectivity index (χ2v) is 6.30. The van der Waals surface area contributed by atoms with Crippen LogP contribution in [-0.4, -0.2) is 15.0 Å². The molecule has 5 nitrogen and oxygen atoms in total. The molecular formula is C14H15N3O2S. The molecule has 0 saturated heterocycles. The monoisotopic (exact) mass is 289 g/mol. The van der Waals surface area contributed by atoms with Gasteiger partial charge in [0.15, 0.2) is 0 Å². The van der Waals surface area contributed by atoms with Crippen molar-refractivity contribution in [1.82, 2.24) is 0 Å². The lowest BCUT2D eigenvalue weighted by molar-refractivity contribution is 0.598.